The van der Waals surface area contributed by atoms with E-state index >= 15 is 0 Å². The molecule has 0 aliphatic heterocycles. The summed E-state index contributed by atoms with van der Waals surface area (Å²) in [5.74, 6) is 0. The normalized spacial score (nSPS) is 12.4. The molecule has 0 radical (unpaired) electrons. The molecular weight excluding hydrogens is 411 g/mol. The minimum Gasteiger partial charge on any atom is -0.0786 e. The maximum absolute atomic E-state index is 3.85. The van der Waals surface area contributed by atoms with Gasteiger partial charge in [0.05, 0.1) is 4.83 Å². The summed E-state index contributed by atoms with van der Waals surface area (Å²) >= 11 is 6.25. The number of aryl methyl sites for hydroxylation is 2. The van der Waals surface area contributed by atoms with Gasteiger partial charge in [0.1, 0.15) is 0 Å². The summed E-state index contributed by atoms with van der Waals surface area (Å²) in [5, 5.41) is 0. The third-order valence-corrected chi connectivity index (χ3v) is 5.47. The second kappa shape index (κ2) is 6.89. The van der Waals surface area contributed by atoms with Crippen LogP contribution in [0.1, 0.15) is 40.9 Å². The molecule has 0 fully saturated rings. The van der Waals surface area contributed by atoms with Crippen molar-refractivity contribution in [2.45, 2.75) is 31.5 Å². The maximum Gasteiger partial charge on any atom is 0.0655 e. The van der Waals surface area contributed by atoms with Crippen molar-refractivity contribution in [1.29, 1.82) is 0 Å². The second-order valence-electron chi connectivity index (χ2n) is 4.62. The van der Waals surface area contributed by atoms with Crippen LogP contribution in [0.25, 0.3) is 0 Å². The van der Waals surface area contributed by atoms with Crippen LogP contribution >= 0.6 is 38.5 Å². The van der Waals surface area contributed by atoms with Gasteiger partial charge in [-0.3, -0.25) is 0 Å². The molecule has 0 aliphatic carbocycles. The van der Waals surface area contributed by atoms with E-state index in [1.54, 1.807) is 0 Å². The summed E-state index contributed by atoms with van der Waals surface area (Å²) in [6.07, 6.45) is 2.21. The standard InChI is InChI=1S/C17H18BrI/c1-3-12-9-10-14(11-13(12)4-2)17(18)15-7-5-6-8-16(15)19/h5-11,17H,3-4H2,1-2H3. The van der Waals surface area contributed by atoms with Gasteiger partial charge in [-0.1, -0.05) is 66.2 Å². The highest BCUT2D eigenvalue weighted by Gasteiger charge is 2.14. The number of halogens is 2. The average molecular weight is 429 g/mol. The molecule has 2 heteroatoms. The Balaban J connectivity index is 2.39. The zero-order valence-corrected chi connectivity index (χ0v) is 15.0. The van der Waals surface area contributed by atoms with E-state index in [0.29, 0.717) is 0 Å². The zero-order chi connectivity index (χ0) is 13.8. The first-order chi connectivity index (χ1) is 9.17. The van der Waals surface area contributed by atoms with E-state index in [1.165, 1.54) is 25.8 Å². The van der Waals surface area contributed by atoms with Gasteiger partial charge in [0, 0.05) is 3.57 Å². The van der Waals surface area contributed by atoms with E-state index in [1.807, 2.05) is 0 Å². The van der Waals surface area contributed by atoms with E-state index in [-0.39, 0.29) is 4.83 Å². The lowest BCUT2D eigenvalue weighted by molar-refractivity contribution is 1.02. The first-order valence-electron chi connectivity index (χ1n) is 6.67. The van der Waals surface area contributed by atoms with Crippen LogP contribution in [-0.4, -0.2) is 0 Å². The highest BCUT2D eigenvalue weighted by Crippen LogP contribution is 2.34. The molecule has 0 heterocycles. The van der Waals surface area contributed by atoms with Gasteiger partial charge >= 0.3 is 0 Å². The summed E-state index contributed by atoms with van der Waals surface area (Å²) in [7, 11) is 0. The average Bonchev–Trinajstić information content (AvgIpc) is 2.46. The molecule has 0 N–H and O–H groups in total. The molecule has 1 atom stereocenters. The number of rotatable bonds is 4. The molecule has 2 aromatic rings. The zero-order valence-electron chi connectivity index (χ0n) is 11.3. The molecule has 2 aromatic carbocycles. The molecule has 0 aromatic heterocycles. The predicted octanol–water partition coefficient (Wildman–Crippen LogP) is 5.90. The van der Waals surface area contributed by atoms with Crippen LogP contribution < -0.4 is 0 Å². The van der Waals surface area contributed by atoms with Gasteiger partial charge < -0.3 is 0 Å². The molecule has 0 spiro atoms. The van der Waals surface area contributed by atoms with Crippen LogP contribution in [0.5, 0.6) is 0 Å². The molecule has 1 unspecified atom stereocenters. The fourth-order valence-corrected chi connectivity index (χ4v) is 4.15. The Kier molecular flexibility index (Phi) is 5.46. The highest BCUT2D eigenvalue weighted by atomic mass is 127. The Hall–Kier alpha value is -0.350. The second-order valence-corrected chi connectivity index (χ2v) is 6.70. The summed E-state index contributed by atoms with van der Waals surface area (Å²) in [4.78, 5) is 0.275. The SMILES string of the molecule is CCc1ccc(C(Br)c2ccccc2I)cc1CC. The quantitative estimate of drug-likeness (QED) is 0.420. The number of hydrogen-bond acceptors (Lipinski definition) is 0. The van der Waals surface area contributed by atoms with E-state index in [4.69, 9.17) is 0 Å². The van der Waals surface area contributed by atoms with Crippen molar-refractivity contribution in [3.8, 4) is 0 Å². The maximum atomic E-state index is 3.85. The molecule has 2 rings (SSSR count). The molecule has 0 nitrogen and oxygen atoms in total. The predicted molar refractivity (Wildman–Crippen MR) is 95.1 cm³/mol. The monoisotopic (exact) mass is 428 g/mol. The van der Waals surface area contributed by atoms with Gasteiger partial charge in [-0.25, -0.2) is 0 Å². The van der Waals surface area contributed by atoms with E-state index < -0.39 is 0 Å². The molecule has 100 valence electrons. The summed E-state index contributed by atoms with van der Waals surface area (Å²) in [6, 6.07) is 15.4. The van der Waals surface area contributed by atoms with Crippen LogP contribution in [-0.2, 0) is 12.8 Å². The first-order valence-corrected chi connectivity index (χ1v) is 8.67. The Bertz CT molecular complexity index is 563. The Morgan fingerprint density at radius 2 is 1.68 bits per heavy atom. The number of benzene rings is 2. The molecule has 0 amide bonds. The van der Waals surface area contributed by atoms with Gasteiger partial charge in [-0.2, -0.15) is 0 Å². The van der Waals surface area contributed by atoms with Gasteiger partial charge in [-0.15, -0.1) is 0 Å². The lowest BCUT2D eigenvalue weighted by Crippen LogP contribution is -1.99. The van der Waals surface area contributed by atoms with Crippen molar-refractivity contribution in [2.75, 3.05) is 0 Å². The lowest BCUT2D eigenvalue weighted by atomic mass is 9.97. The largest absolute Gasteiger partial charge is 0.0786 e. The van der Waals surface area contributed by atoms with Crippen molar-refractivity contribution in [2.24, 2.45) is 0 Å². The molecule has 0 saturated heterocycles. The Morgan fingerprint density at radius 1 is 1.00 bits per heavy atom. The molecule has 0 saturated carbocycles. The third kappa shape index (κ3) is 3.40. The van der Waals surface area contributed by atoms with Crippen molar-refractivity contribution in [3.63, 3.8) is 0 Å². The summed E-state index contributed by atoms with van der Waals surface area (Å²) < 4.78 is 1.31. The van der Waals surface area contributed by atoms with Gasteiger partial charge in [0.2, 0.25) is 0 Å². The topological polar surface area (TPSA) is 0 Å². The van der Waals surface area contributed by atoms with Crippen molar-refractivity contribution in [1.82, 2.24) is 0 Å². The highest BCUT2D eigenvalue weighted by molar-refractivity contribution is 14.1. The molecule has 19 heavy (non-hydrogen) atoms. The van der Waals surface area contributed by atoms with E-state index in [0.717, 1.165) is 12.8 Å². The summed E-state index contributed by atoms with van der Waals surface area (Å²) in [5.41, 5.74) is 5.62. The molecular formula is C17H18BrI. The lowest BCUT2D eigenvalue weighted by Gasteiger charge is -2.15. The van der Waals surface area contributed by atoms with Crippen LogP contribution in [0, 0.1) is 3.57 Å². The number of hydrogen-bond donors (Lipinski definition) is 0. The van der Waals surface area contributed by atoms with Crippen molar-refractivity contribution in [3.05, 3.63) is 68.3 Å². The fourth-order valence-electron chi connectivity index (χ4n) is 2.34. The van der Waals surface area contributed by atoms with Crippen LogP contribution in [0.3, 0.4) is 0 Å². The Morgan fingerprint density at radius 3 is 2.32 bits per heavy atom. The molecule has 0 bridgehead atoms. The third-order valence-electron chi connectivity index (χ3n) is 3.46. The van der Waals surface area contributed by atoms with Crippen LogP contribution in [0.4, 0.5) is 0 Å². The minimum absolute atomic E-state index is 0.275. The van der Waals surface area contributed by atoms with Gasteiger partial charge in [0.25, 0.3) is 0 Å². The van der Waals surface area contributed by atoms with Crippen molar-refractivity contribution < 1.29 is 0 Å². The smallest absolute Gasteiger partial charge is 0.0655 e. The van der Waals surface area contributed by atoms with Gasteiger partial charge in [-0.05, 0) is 63.8 Å². The molecule has 0 aliphatic rings. The van der Waals surface area contributed by atoms with E-state index in [2.05, 4.69) is 94.8 Å². The van der Waals surface area contributed by atoms with Gasteiger partial charge in [0.15, 0.2) is 0 Å². The minimum atomic E-state index is 0.275. The van der Waals surface area contributed by atoms with Crippen LogP contribution in [0.15, 0.2) is 42.5 Å². The van der Waals surface area contributed by atoms with E-state index in [9.17, 15) is 0 Å². The fraction of sp³-hybridized carbons (Fsp3) is 0.294. The van der Waals surface area contributed by atoms with Crippen LogP contribution in [0.2, 0.25) is 0 Å². The van der Waals surface area contributed by atoms with Crippen molar-refractivity contribution >= 4 is 38.5 Å². The number of alkyl halides is 1. The first kappa shape index (κ1) is 15.0. The Labute approximate surface area is 137 Å². The summed E-state index contributed by atoms with van der Waals surface area (Å²) in [6.45, 7) is 4.45.